The van der Waals surface area contributed by atoms with Crippen molar-refractivity contribution in [3.63, 3.8) is 0 Å². The summed E-state index contributed by atoms with van der Waals surface area (Å²) in [5.41, 5.74) is 3.20. The van der Waals surface area contributed by atoms with Crippen LogP contribution in [0, 0.1) is 0 Å². The molecule has 0 saturated heterocycles. The Kier molecular flexibility index (Phi) is 5.89. The highest BCUT2D eigenvalue weighted by Gasteiger charge is 2.20. The average Bonchev–Trinajstić information content (AvgIpc) is 3.28. The Labute approximate surface area is 143 Å². The molecule has 3 heteroatoms. The summed E-state index contributed by atoms with van der Waals surface area (Å²) in [4.78, 5) is 0. The number of hydrogen-bond donors (Lipinski definition) is 0. The number of nitrogens with zero attached hydrogens (tertiary/aromatic N) is 1. The number of aromatic nitrogens is 1. The maximum atomic E-state index is 5.65. The van der Waals surface area contributed by atoms with Crippen molar-refractivity contribution in [2.75, 3.05) is 0 Å². The zero-order valence-electron chi connectivity index (χ0n) is 14.3. The van der Waals surface area contributed by atoms with Gasteiger partial charge in [-0.25, -0.2) is 0 Å². The minimum absolute atomic E-state index is 0.755. The van der Waals surface area contributed by atoms with Crippen molar-refractivity contribution in [2.24, 2.45) is 0 Å². The van der Waals surface area contributed by atoms with Gasteiger partial charge in [0.15, 0.2) is 5.76 Å². The Hall–Kier alpha value is -2.29. The molecule has 0 spiro atoms. The van der Waals surface area contributed by atoms with Crippen molar-refractivity contribution < 1.29 is 8.94 Å². The summed E-state index contributed by atoms with van der Waals surface area (Å²) in [5.74, 6) is 1.53. The molecule has 0 radical (unpaired) electrons. The highest BCUT2D eigenvalue weighted by Crippen LogP contribution is 2.33. The summed E-state index contributed by atoms with van der Waals surface area (Å²) in [6.07, 6.45) is 10.3. The van der Waals surface area contributed by atoms with Gasteiger partial charge in [0.1, 0.15) is 5.69 Å². The normalized spacial score (nSPS) is 11.0. The second-order valence-electron chi connectivity index (χ2n) is 6.20. The smallest absolute Gasteiger partial charge is 0.205 e. The molecule has 0 bridgehead atoms. The molecule has 0 fully saturated rings. The molecule has 0 N–H and O–H groups in total. The van der Waals surface area contributed by atoms with Crippen LogP contribution in [0.15, 0.2) is 57.7 Å². The van der Waals surface area contributed by atoms with Crippen molar-refractivity contribution in [2.45, 2.75) is 51.9 Å². The van der Waals surface area contributed by atoms with Crippen LogP contribution in [0.3, 0.4) is 0 Å². The first-order valence-corrected chi connectivity index (χ1v) is 8.98. The van der Waals surface area contributed by atoms with E-state index in [4.69, 9.17) is 8.94 Å². The first kappa shape index (κ1) is 16.6. The minimum Gasteiger partial charge on any atom is -0.461 e. The van der Waals surface area contributed by atoms with Crippen molar-refractivity contribution in [1.82, 2.24) is 5.16 Å². The minimum atomic E-state index is 0.755. The number of hydrogen-bond acceptors (Lipinski definition) is 3. The van der Waals surface area contributed by atoms with Crippen molar-refractivity contribution in [1.29, 1.82) is 0 Å². The standard InChI is InChI=1S/C21H25NO2/c1-2-3-4-5-6-10-14-18-20(17-12-8-7-9-13-17)22-24-21(18)19-15-11-16-23-19/h7-9,11-13,15-16H,2-6,10,14H2,1H3. The Balaban J connectivity index is 1.77. The van der Waals surface area contributed by atoms with E-state index in [0.29, 0.717) is 0 Å². The summed E-state index contributed by atoms with van der Waals surface area (Å²) in [6, 6.07) is 14.1. The van der Waals surface area contributed by atoms with E-state index in [1.807, 2.05) is 30.3 Å². The van der Waals surface area contributed by atoms with Crippen molar-refractivity contribution >= 4 is 0 Å². The van der Waals surface area contributed by atoms with Crippen LogP contribution in [0.1, 0.15) is 51.0 Å². The number of benzene rings is 1. The SMILES string of the molecule is CCCCCCCCc1c(-c2ccccc2)noc1-c1ccco1. The molecule has 2 aromatic heterocycles. The molecule has 0 amide bonds. The fourth-order valence-electron chi connectivity index (χ4n) is 3.05. The third-order valence-corrected chi connectivity index (χ3v) is 4.36. The lowest BCUT2D eigenvalue weighted by molar-refractivity contribution is 0.419. The van der Waals surface area contributed by atoms with Gasteiger partial charge >= 0.3 is 0 Å². The van der Waals surface area contributed by atoms with Gasteiger partial charge in [-0.1, -0.05) is 74.5 Å². The predicted octanol–water partition coefficient (Wildman–Crippen LogP) is 6.50. The number of unbranched alkanes of at least 4 members (excludes halogenated alkanes) is 5. The molecule has 0 aliphatic rings. The van der Waals surface area contributed by atoms with Gasteiger partial charge in [-0.3, -0.25) is 0 Å². The van der Waals surface area contributed by atoms with Gasteiger partial charge in [-0.2, -0.15) is 0 Å². The monoisotopic (exact) mass is 323 g/mol. The summed E-state index contributed by atoms with van der Waals surface area (Å²) >= 11 is 0. The van der Waals surface area contributed by atoms with E-state index in [-0.39, 0.29) is 0 Å². The maximum Gasteiger partial charge on any atom is 0.205 e. The van der Waals surface area contributed by atoms with E-state index in [0.717, 1.165) is 41.2 Å². The van der Waals surface area contributed by atoms with Crippen LogP contribution in [0.25, 0.3) is 22.8 Å². The molecule has 3 nitrogen and oxygen atoms in total. The Morgan fingerprint density at radius 2 is 1.67 bits per heavy atom. The molecule has 0 saturated carbocycles. The summed E-state index contributed by atoms with van der Waals surface area (Å²) < 4.78 is 11.2. The van der Waals surface area contributed by atoms with Crippen LogP contribution >= 0.6 is 0 Å². The van der Waals surface area contributed by atoms with Crippen molar-refractivity contribution in [3.05, 3.63) is 54.3 Å². The van der Waals surface area contributed by atoms with E-state index in [1.165, 1.54) is 32.1 Å². The predicted molar refractivity (Wildman–Crippen MR) is 96.7 cm³/mol. The Bertz CT molecular complexity index is 714. The van der Waals surface area contributed by atoms with Crippen LogP contribution < -0.4 is 0 Å². The first-order chi connectivity index (χ1) is 11.9. The molecular formula is C21H25NO2. The third kappa shape index (κ3) is 3.97. The van der Waals surface area contributed by atoms with E-state index >= 15 is 0 Å². The highest BCUT2D eigenvalue weighted by atomic mass is 16.5. The lowest BCUT2D eigenvalue weighted by Gasteiger charge is -2.04. The molecule has 3 aromatic rings. The molecule has 0 aliphatic carbocycles. The third-order valence-electron chi connectivity index (χ3n) is 4.36. The van der Waals surface area contributed by atoms with Crippen LogP contribution in [-0.4, -0.2) is 5.16 Å². The zero-order valence-corrected chi connectivity index (χ0v) is 14.3. The molecule has 0 aliphatic heterocycles. The summed E-state index contributed by atoms with van der Waals surface area (Å²) in [6.45, 7) is 2.25. The zero-order chi connectivity index (χ0) is 16.6. The van der Waals surface area contributed by atoms with E-state index < -0.39 is 0 Å². The average molecular weight is 323 g/mol. The van der Waals surface area contributed by atoms with Crippen LogP contribution in [0.5, 0.6) is 0 Å². The topological polar surface area (TPSA) is 39.2 Å². The molecule has 126 valence electrons. The second kappa shape index (κ2) is 8.53. The fraction of sp³-hybridized carbons (Fsp3) is 0.381. The summed E-state index contributed by atoms with van der Waals surface area (Å²) in [5, 5.41) is 4.34. The van der Waals surface area contributed by atoms with E-state index in [2.05, 4.69) is 24.2 Å². The molecule has 3 rings (SSSR count). The Morgan fingerprint density at radius 3 is 2.42 bits per heavy atom. The van der Waals surface area contributed by atoms with Gasteiger partial charge in [-0.15, -0.1) is 0 Å². The first-order valence-electron chi connectivity index (χ1n) is 8.98. The van der Waals surface area contributed by atoms with Gasteiger partial charge in [0.25, 0.3) is 0 Å². The van der Waals surface area contributed by atoms with Crippen molar-refractivity contribution in [3.8, 4) is 22.8 Å². The van der Waals surface area contributed by atoms with Crippen LogP contribution in [0.2, 0.25) is 0 Å². The maximum absolute atomic E-state index is 5.65. The number of rotatable bonds is 9. The van der Waals surface area contributed by atoms with E-state index in [9.17, 15) is 0 Å². The largest absolute Gasteiger partial charge is 0.461 e. The van der Waals surface area contributed by atoms with Gasteiger partial charge in [-0.05, 0) is 25.0 Å². The number of furan rings is 1. The van der Waals surface area contributed by atoms with Gasteiger partial charge < -0.3 is 8.94 Å². The van der Waals surface area contributed by atoms with Gasteiger partial charge in [0.05, 0.1) is 6.26 Å². The second-order valence-corrected chi connectivity index (χ2v) is 6.20. The van der Waals surface area contributed by atoms with Gasteiger partial charge in [0.2, 0.25) is 5.76 Å². The molecule has 2 heterocycles. The molecular weight excluding hydrogens is 298 g/mol. The molecule has 0 atom stereocenters. The fourth-order valence-corrected chi connectivity index (χ4v) is 3.05. The quantitative estimate of drug-likeness (QED) is 0.422. The Morgan fingerprint density at radius 1 is 0.875 bits per heavy atom. The van der Waals surface area contributed by atoms with Crippen LogP contribution in [-0.2, 0) is 6.42 Å². The van der Waals surface area contributed by atoms with Crippen LogP contribution in [0.4, 0.5) is 0 Å². The summed E-state index contributed by atoms with van der Waals surface area (Å²) in [7, 11) is 0. The highest BCUT2D eigenvalue weighted by molar-refractivity contribution is 5.70. The van der Waals surface area contributed by atoms with E-state index in [1.54, 1.807) is 6.26 Å². The molecule has 1 aromatic carbocycles. The van der Waals surface area contributed by atoms with Gasteiger partial charge in [0, 0.05) is 11.1 Å². The lowest BCUT2D eigenvalue weighted by Crippen LogP contribution is -1.91. The molecule has 24 heavy (non-hydrogen) atoms. The molecule has 0 unspecified atom stereocenters. The lowest BCUT2D eigenvalue weighted by atomic mass is 9.99.